The van der Waals surface area contributed by atoms with Crippen molar-refractivity contribution in [3.8, 4) is 0 Å². The van der Waals surface area contributed by atoms with Gasteiger partial charge in [0.15, 0.2) is 0 Å². The van der Waals surface area contributed by atoms with Gasteiger partial charge in [-0.15, -0.1) is 0 Å². The number of anilines is 1. The highest BCUT2D eigenvalue weighted by Crippen LogP contribution is 2.24. The number of nitrogens with one attached hydrogen (secondary N) is 1. The number of hydrogen-bond donors (Lipinski definition) is 2. The van der Waals surface area contributed by atoms with E-state index in [4.69, 9.17) is 23.2 Å². The van der Waals surface area contributed by atoms with Crippen LogP contribution < -0.4 is 5.32 Å². The molecular formula is C14H13Cl2N5O. The van der Waals surface area contributed by atoms with Gasteiger partial charge in [0.2, 0.25) is 0 Å². The zero-order valence-corrected chi connectivity index (χ0v) is 13.2. The van der Waals surface area contributed by atoms with Gasteiger partial charge in [-0.1, -0.05) is 23.2 Å². The van der Waals surface area contributed by atoms with Crippen LogP contribution in [0.25, 0.3) is 5.78 Å². The lowest BCUT2D eigenvalue weighted by Gasteiger charge is -2.14. The van der Waals surface area contributed by atoms with E-state index in [1.807, 2.05) is 13.0 Å². The van der Waals surface area contributed by atoms with E-state index in [1.54, 1.807) is 22.7 Å². The summed E-state index contributed by atoms with van der Waals surface area (Å²) in [6.45, 7) is 2.14. The average Bonchev–Trinajstić information content (AvgIpc) is 2.91. The van der Waals surface area contributed by atoms with Crippen LogP contribution in [-0.2, 0) is 0 Å². The maximum Gasteiger partial charge on any atom is 0.254 e. The van der Waals surface area contributed by atoms with E-state index in [-0.39, 0.29) is 6.54 Å². The highest BCUT2D eigenvalue weighted by Gasteiger charge is 2.11. The lowest BCUT2D eigenvalue weighted by molar-refractivity contribution is 0.191. The van der Waals surface area contributed by atoms with Crippen LogP contribution in [0.5, 0.6) is 0 Å². The van der Waals surface area contributed by atoms with Crippen LogP contribution in [0.15, 0.2) is 30.6 Å². The van der Waals surface area contributed by atoms with E-state index >= 15 is 0 Å². The minimum atomic E-state index is -0.761. The number of halogens is 2. The molecule has 0 aliphatic heterocycles. The lowest BCUT2D eigenvalue weighted by atomic mass is 10.1. The molecule has 3 aromatic rings. The number of fused-ring (bicyclic) bond motifs is 1. The Morgan fingerprint density at radius 1 is 1.23 bits per heavy atom. The second-order valence-electron chi connectivity index (χ2n) is 4.85. The van der Waals surface area contributed by atoms with Gasteiger partial charge in [-0.25, -0.2) is 4.98 Å². The summed E-state index contributed by atoms with van der Waals surface area (Å²) in [6.07, 6.45) is 0.670. The molecule has 1 atom stereocenters. The Kier molecular flexibility index (Phi) is 4.15. The first kappa shape index (κ1) is 15.0. The number of aromatic nitrogens is 4. The van der Waals surface area contributed by atoms with Crippen LogP contribution >= 0.6 is 23.2 Å². The van der Waals surface area contributed by atoms with Crippen molar-refractivity contribution in [3.63, 3.8) is 0 Å². The second kappa shape index (κ2) is 6.08. The summed E-state index contributed by atoms with van der Waals surface area (Å²) >= 11 is 11.9. The fourth-order valence-corrected chi connectivity index (χ4v) is 2.69. The molecule has 0 bridgehead atoms. The van der Waals surface area contributed by atoms with E-state index in [9.17, 15) is 5.11 Å². The van der Waals surface area contributed by atoms with Crippen LogP contribution in [0.4, 0.5) is 5.82 Å². The number of benzene rings is 1. The van der Waals surface area contributed by atoms with Gasteiger partial charge in [0.25, 0.3) is 5.78 Å². The van der Waals surface area contributed by atoms with Gasteiger partial charge in [0.1, 0.15) is 12.1 Å². The largest absolute Gasteiger partial charge is 0.387 e. The zero-order valence-electron chi connectivity index (χ0n) is 11.7. The molecule has 0 saturated carbocycles. The maximum atomic E-state index is 10.3. The summed E-state index contributed by atoms with van der Waals surface area (Å²) in [7, 11) is 0. The Balaban J connectivity index is 1.80. The zero-order chi connectivity index (χ0) is 15.7. The molecule has 114 valence electrons. The third kappa shape index (κ3) is 3.14. The van der Waals surface area contributed by atoms with Crippen molar-refractivity contribution in [1.82, 2.24) is 19.6 Å². The first-order valence-corrected chi connectivity index (χ1v) is 7.34. The topological polar surface area (TPSA) is 75.3 Å². The quantitative estimate of drug-likeness (QED) is 0.765. The Labute approximate surface area is 136 Å². The van der Waals surface area contributed by atoms with Crippen LogP contribution in [-0.4, -0.2) is 31.2 Å². The van der Waals surface area contributed by atoms with Crippen molar-refractivity contribution >= 4 is 34.8 Å². The first-order valence-electron chi connectivity index (χ1n) is 6.58. The van der Waals surface area contributed by atoms with Gasteiger partial charge >= 0.3 is 0 Å². The molecule has 6 nitrogen and oxygen atoms in total. The molecule has 2 aromatic heterocycles. The fraction of sp³-hybridized carbons (Fsp3) is 0.214. The average molecular weight is 338 g/mol. The molecule has 1 aromatic carbocycles. The van der Waals surface area contributed by atoms with Gasteiger partial charge in [-0.3, -0.25) is 0 Å². The SMILES string of the molecule is Cc1cc(NCC(O)c2cc(Cl)cc(Cl)c2)n2ncnc2n1. The molecule has 0 aliphatic carbocycles. The highest BCUT2D eigenvalue weighted by atomic mass is 35.5. The number of aliphatic hydroxyl groups is 1. The van der Waals surface area contributed by atoms with Gasteiger partial charge < -0.3 is 10.4 Å². The summed E-state index contributed by atoms with van der Waals surface area (Å²) in [5, 5.41) is 18.5. The lowest BCUT2D eigenvalue weighted by Crippen LogP contribution is -2.15. The van der Waals surface area contributed by atoms with Crippen molar-refractivity contribution < 1.29 is 5.11 Å². The van der Waals surface area contributed by atoms with Crippen LogP contribution in [0.2, 0.25) is 10.0 Å². The first-order chi connectivity index (χ1) is 10.5. The molecule has 0 amide bonds. The third-order valence-corrected chi connectivity index (χ3v) is 3.56. The van der Waals surface area contributed by atoms with Crippen LogP contribution in [0, 0.1) is 6.92 Å². The molecule has 0 spiro atoms. The molecule has 0 aliphatic rings. The predicted molar refractivity (Wildman–Crippen MR) is 85.4 cm³/mol. The van der Waals surface area contributed by atoms with Gasteiger partial charge in [0.05, 0.1) is 6.10 Å². The van der Waals surface area contributed by atoms with Crippen LogP contribution in [0.1, 0.15) is 17.4 Å². The highest BCUT2D eigenvalue weighted by molar-refractivity contribution is 6.34. The van der Waals surface area contributed by atoms with Crippen molar-refractivity contribution in [3.05, 3.63) is 51.9 Å². The summed E-state index contributed by atoms with van der Waals surface area (Å²) in [5.74, 6) is 1.20. The molecule has 22 heavy (non-hydrogen) atoms. The van der Waals surface area contributed by atoms with Gasteiger partial charge in [-0.05, 0) is 30.7 Å². The summed E-state index contributed by atoms with van der Waals surface area (Å²) in [6, 6.07) is 6.82. The van der Waals surface area contributed by atoms with Crippen molar-refractivity contribution in [2.75, 3.05) is 11.9 Å². The summed E-state index contributed by atoms with van der Waals surface area (Å²) in [4.78, 5) is 8.31. The molecule has 0 saturated heterocycles. The van der Waals surface area contributed by atoms with Gasteiger partial charge in [-0.2, -0.15) is 14.6 Å². The van der Waals surface area contributed by atoms with Crippen molar-refractivity contribution in [2.45, 2.75) is 13.0 Å². The number of rotatable bonds is 4. The van der Waals surface area contributed by atoms with Crippen LogP contribution in [0.3, 0.4) is 0 Å². The van der Waals surface area contributed by atoms with E-state index in [1.165, 1.54) is 6.33 Å². The van der Waals surface area contributed by atoms with E-state index in [2.05, 4.69) is 20.4 Å². The van der Waals surface area contributed by atoms with E-state index < -0.39 is 6.10 Å². The fourth-order valence-electron chi connectivity index (χ4n) is 2.14. The number of nitrogens with zero attached hydrogens (tertiary/aromatic N) is 4. The minimum absolute atomic E-state index is 0.273. The van der Waals surface area contributed by atoms with E-state index in [0.29, 0.717) is 27.2 Å². The number of aryl methyl sites for hydroxylation is 1. The Morgan fingerprint density at radius 3 is 2.68 bits per heavy atom. The molecule has 1 unspecified atom stereocenters. The molecular weight excluding hydrogens is 325 g/mol. The smallest absolute Gasteiger partial charge is 0.254 e. The molecule has 2 heterocycles. The Hall–Kier alpha value is -1.89. The minimum Gasteiger partial charge on any atom is -0.387 e. The summed E-state index contributed by atoms with van der Waals surface area (Å²) < 4.78 is 1.57. The van der Waals surface area contributed by atoms with Gasteiger partial charge in [0, 0.05) is 28.4 Å². The molecule has 8 heteroatoms. The standard InChI is InChI=1S/C14H13Cl2N5O/c1-8-2-13(21-14(20-8)18-7-19-21)17-6-12(22)9-3-10(15)5-11(16)4-9/h2-5,7,12,17,22H,6H2,1H3. The monoisotopic (exact) mass is 337 g/mol. The molecule has 0 fully saturated rings. The normalized spacial score (nSPS) is 12.5. The molecule has 2 N–H and O–H groups in total. The molecule has 0 radical (unpaired) electrons. The molecule has 3 rings (SSSR count). The van der Waals surface area contributed by atoms with Crippen molar-refractivity contribution in [1.29, 1.82) is 0 Å². The predicted octanol–water partition coefficient (Wildman–Crippen LogP) is 2.89. The second-order valence-corrected chi connectivity index (χ2v) is 5.73. The Bertz CT molecular complexity index is 800. The van der Waals surface area contributed by atoms with E-state index in [0.717, 1.165) is 5.69 Å². The Morgan fingerprint density at radius 2 is 1.95 bits per heavy atom. The maximum absolute atomic E-state index is 10.3. The summed E-state index contributed by atoms with van der Waals surface area (Å²) in [5.41, 5.74) is 1.45. The number of hydrogen-bond acceptors (Lipinski definition) is 5. The third-order valence-electron chi connectivity index (χ3n) is 3.13. The number of aliphatic hydroxyl groups excluding tert-OH is 1. The van der Waals surface area contributed by atoms with Crippen molar-refractivity contribution in [2.24, 2.45) is 0 Å².